The Kier molecular flexibility index (Phi) is 2.85. The molecule has 2 atom stereocenters. The van der Waals surface area contributed by atoms with Crippen LogP contribution in [-0.4, -0.2) is 39.2 Å². The predicted octanol–water partition coefficient (Wildman–Crippen LogP) is 1.87. The number of fused-ring (bicyclic) bond motifs is 1. The number of rotatable bonds is 2. The Morgan fingerprint density at radius 2 is 2.27 bits per heavy atom. The van der Waals surface area contributed by atoms with Crippen LogP contribution in [0.5, 0.6) is 0 Å². The number of amides is 1. The Morgan fingerprint density at radius 3 is 2.95 bits per heavy atom. The highest BCUT2D eigenvalue weighted by molar-refractivity contribution is 5.95. The van der Waals surface area contributed by atoms with Gasteiger partial charge in [-0.05, 0) is 32.6 Å². The van der Waals surface area contributed by atoms with E-state index in [0.29, 0.717) is 35.4 Å². The van der Waals surface area contributed by atoms with E-state index in [0.717, 1.165) is 25.8 Å². The number of hydrogen-bond acceptors (Lipinski definition) is 6. The van der Waals surface area contributed by atoms with E-state index in [1.807, 2.05) is 11.8 Å². The summed E-state index contributed by atoms with van der Waals surface area (Å²) in [5.41, 5.74) is 0.990. The van der Waals surface area contributed by atoms with Crippen molar-refractivity contribution in [1.82, 2.24) is 20.2 Å². The van der Waals surface area contributed by atoms with Crippen molar-refractivity contribution in [2.75, 3.05) is 13.1 Å². The van der Waals surface area contributed by atoms with Gasteiger partial charge in [0.1, 0.15) is 11.8 Å². The van der Waals surface area contributed by atoms with Gasteiger partial charge in [0.2, 0.25) is 5.89 Å². The van der Waals surface area contributed by atoms with Crippen LogP contribution in [0.25, 0.3) is 0 Å². The molecule has 0 unspecified atom stereocenters. The van der Waals surface area contributed by atoms with Crippen molar-refractivity contribution in [2.24, 2.45) is 5.92 Å². The van der Waals surface area contributed by atoms with Gasteiger partial charge < -0.3 is 13.9 Å². The number of carbonyl (C=O) groups is 1. The normalized spacial score (nSPS) is 27.4. The molecule has 0 N–H and O–H groups in total. The molecule has 2 aliphatic rings. The Morgan fingerprint density at radius 1 is 1.41 bits per heavy atom. The minimum absolute atomic E-state index is 0.0243. The molecule has 116 valence electrons. The maximum absolute atomic E-state index is 12.7. The molecule has 0 bridgehead atoms. The Bertz CT molecular complexity index is 722. The summed E-state index contributed by atoms with van der Waals surface area (Å²) in [5, 5.41) is 7.73. The fourth-order valence-corrected chi connectivity index (χ4v) is 3.96. The highest BCUT2D eigenvalue weighted by Crippen LogP contribution is 2.50. The van der Waals surface area contributed by atoms with Crippen LogP contribution >= 0.6 is 0 Å². The number of likely N-dealkylation sites (tertiary alicyclic amines) is 1. The first-order valence-corrected chi connectivity index (χ1v) is 7.61. The second-order valence-electron chi connectivity index (χ2n) is 6.39. The van der Waals surface area contributed by atoms with Gasteiger partial charge in [0, 0.05) is 13.1 Å². The predicted molar refractivity (Wildman–Crippen MR) is 75.2 cm³/mol. The van der Waals surface area contributed by atoms with Crippen molar-refractivity contribution >= 4 is 5.91 Å². The minimum Gasteiger partial charge on any atom is -0.364 e. The van der Waals surface area contributed by atoms with E-state index < -0.39 is 0 Å². The van der Waals surface area contributed by atoms with Crippen molar-refractivity contribution in [3.63, 3.8) is 0 Å². The van der Waals surface area contributed by atoms with Crippen molar-refractivity contribution in [3.05, 3.63) is 29.2 Å². The van der Waals surface area contributed by atoms with Crippen molar-refractivity contribution in [1.29, 1.82) is 0 Å². The largest absolute Gasteiger partial charge is 0.364 e. The molecule has 4 rings (SSSR count). The van der Waals surface area contributed by atoms with E-state index in [4.69, 9.17) is 9.05 Å². The molecule has 0 spiro atoms. The van der Waals surface area contributed by atoms with E-state index >= 15 is 0 Å². The summed E-state index contributed by atoms with van der Waals surface area (Å²) < 4.78 is 10.4. The summed E-state index contributed by atoms with van der Waals surface area (Å²) in [4.78, 5) is 19.0. The quantitative estimate of drug-likeness (QED) is 0.842. The molecule has 1 amide bonds. The zero-order chi connectivity index (χ0) is 15.3. The van der Waals surface area contributed by atoms with Crippen LogP contribution in [-0.2, 0) is 5.41 Å². The van der Waals surface area contributed by atoms with E-state index in [1.54, 1.807) is 6.92 Å². The average molecular weight is 302 g/mol. The van der Waals surface area contributed by atoms with Crippen LogP contribution < -0.4 is 0 Å². The highest BCUT2D eigenvalue weighted by Gasteiger charge is 2.55. The van der Waals surface area contributed by atoms with Crippen LogP contribution in [0.3, 0.4) is 0 Å². The van der Waals surface area contributed by atoms with Crippen molar-refractivity contribution < 1.29 is 13.8 Å². The molecule has 1 saturated heterocycles. The molecule has 3 heterocycles. The van der Waals surface area contributed by atoms with Crippen LogP contribution in [0.1, 0.15) is 47.0 Å². The first kappa shape index (κ1) is 13.5. The van der Waals surface area contributed by atoms with Crippen molar-refractivity contribution in [2.45, 2.75) is 38.5 Å². The second-order valence-corrected chi connectivity index (χ2v) is 6.39. The number of aryl methyl sites for hydroxylation is 2. The summed E-state index contributed by atoms with van der Waals surface area (Å²) >= 11 is 0. The van der Waals surface area contributed by atoms with Crippen LogP contribution in [0.4, 0.5) is 0 Å². The first-order chi connectivity index (χ1) is 10.6. The fourth-order valence-electron chi connectivity index (χ4n) is 3.96. The molecular weight excluding hydrogens is 284 g/mol. The van der Waals surface area contributed by atoms with Crippen molar-refractivity contribution in [3.8, 4) is 0 Å². The lowest BCUT2D eigenvalue weighted by Gasteiger charge is -2.24. The van der Waals surface area contributed by atoms with Gasteiger partial charge in [-0.1, -0.05) is 16.7 Å². The molecule has 2 fully saturated rings. The third kappa shape index (κ3) is 1.81. The molecule has 2 aromatic heterocycles. The zero-order valence-electron chi connectivity index (χ0n) is 12.7. The summed E-state index contributed by atoms with van der Waals surface area (Å²) in [6.45, 7) is 4.96. The standard InChI is InChI=1S/C15H18N4O3/c1-9-12(7-21-17-9)13(20)19-6-11-4-3-5-15(11,8-19)14-16-10(2)18-22-14/h7,11H,3-6,8H2,1-2H3/t11-,15-/m0/s1. The molecular formula is C15H18N4O3. The Hall–Kier alpha value is -2.18. The SMILES string of the molecule is Cc1noc([C@]23CCC[C@H]2CN(C(=O)c2conc2C)C3)n1. The van der Waals surface area contributed by atoms with Gasteiger partial charge in [0.25, 0.3) is 5.91 Å². The molecule has 2 aromatic rings. The van der Waals surface area contributed by atoms with Gasteiger partial charge in [-0.3, -0.25) is 4.79 Å². The maximum atomic E-state index is 12.7. The summed E-state index contributed by atoms with van der Waals surface area (Å²) in [5.74, 6) is 1.69. The van der Waals surface area contributed by atoms with Crippen LogP contribution in [0.2, 0.25) is 0 Å². The van der Waals surface area contributed by atoms with Gasteiger partial charge in [-0.2, -0.15) is 4.98 Å². The maximum Gasteiger partial charge on any atom is 0.259 e. The summed E-state index contributed by atoms with van der Waals surface area (Å²) in [6, 6.07) is 0. The highest BCUT2D eigenvalue weighted by atomic mass is 16.5. The third-order valence-electron chi connectivity index (χ3n) is 5.09. The number of carbonyl (C=O) groups excluding carboxylic acids is 1. The lowest BCUT2D eigenvalue weighted by molar-refractivity contribution is 0.0773. The average Bonchev–Trinajstić information content (AvgIpc) is 3.19. The van der Waals surface area contributed by atoms with E-state index in [9.17, 15) is 4.79 Å². The van der Waals surface area contributed by atoms with Gasteiger partial charge in [0.15, 0.2) is 5.82 Å². The van der Waals surface area contributed by atoms with Gasteiger partial charge in [0.05, 0.1) is 11.1 Å². The van der Waals surface area contributed by atoms with Gasteiger partial charge >= 0.3 is 0 Å². The van der Waals surface area contributed by atoms with Crippen LogP contribution in [0.15, 0.2) is 15.3 Å². The lowest BCUT2D eigenvalue weighted by Crippen LogP contribution is -2.35. The number of nitrogens with zero attached hydrogens (tertiary/aromatic N) is 4. The minimum atomic E-state index is -0.179. The molecule has 1 aliphatic carbocycles. The molecule has 7 heteroatoms. The van der Waals surface area contributed by atoms with E-state index in [-0.39, 0.29) is 11.3 Å². The summed E-state index contributed by atoms with van der Waals surface area (Å²) in [7, 11) is 0. The molecule has 7 nitrogen and oxygen atoms in total. The van der Waals surface area contributed by atoms with Gasteiger partial charge in [-0.15, -0.1) is 0 Å². The smallest absolute Gasteiger partial charge is 0.259 e. The molecule has 0 radical (unpaired) electrons. The molecule has 1 saturated carbocycles. The van der Waals surface area contributed by atoms with Crippen LogP contribution in [0, 0.1) is 19.8 Å². The number of hydrogen-bond donors (Lipinski definition) is 0. The zero-order valence-corrected chi connectivity index (χ0v) is 12.7. The molecule has 1 aliphatic heterocycles. The first-order valence-electron chi connectivity index (χ1n) is 7.61. The van der Waals surface area contributed by atoms with E-state index in [1.165, 1.54) is 6.26 Å². The Balaban J connectivity index is 1.65. The second kappa shape index (κ2) is 4.66. The number of aromatic nitrogens is 3. The molecule has 22 heavy (non-hydrogen) atoms. The monoisotopic (exact) mass is 302 g/mol. The van der Waals surface area contributed by atoms with E-state index in [2.05, 4.69) is 15.3 Å². The van der Waals surface area contributed by atoms with Gasteiger partial charge in [-0.25, -0.2) is 0 Å². The third-order valence-corrected chi connectivity index (χ3v) is 5.09. The Labute approximate surface area is 127 Å². The topological polar surface area (TPSA) is 85.3 Å². The lowest BCUT2D eigenvalue weighted by atomic mass is 9.80. The molecule has 0 aromatic carbocycles. The fraction of sp³-hybridized carbons (Fsp3) is 0.600. The summed E-state index contributed by atoms with van der Waals surface area (Å²) in [6.07, 6.45) is 4.65.